The summed E-state index contributed by atoms with van der Waals surface area (Å²) in [6.45, 7) is 2.43. The summed E-state index contributed by atoms with van der Waals surface area (Å²) in [7, 11) is 0. The molecule has 3 N–H and O–H groups in total. The Morgan fingerprint density at radius 3 is 2.79 bits per heavy atom. The number of thiophene rings is 1. The first-order valence-corrected chi connectivity index (χ1v) is 7.96. The average molecular weight is 404 g/mol. The fourth-order valence-electron chi connectivity index (χ4n) is 1.62. The van der Waals surface area contributed by atoms with E-state index in [1.807, 2.05) is 25.1 Å². The van der Waals surface area contributed by atoms with Crippen molar-refractivity contribution in [2.45, 2.75) is 13.5 Å². The molecule has 6 heteroatoms. The molecule has 0 aliphatic heterocycles. The van der Waals surface area contributed by atoms with Gasteiger partial charge in [0.2, 0.25) is 0 Å². The molecule has 0 fully saturated rings. The zero-order chi connectivity index (χ0) is 14.0. The molecule has 2 rings (SSSR count). The summed E-state index contributed by atoms with van der Waals surface area (Å²) in [5.41, 5.74) is 8.62. The SMILES string of the molecule is Cc1c(N)cccc1CNC(=O)c1cc(Br)c(Br)s1. The zero-order valence-electron chi connectivity index (χ0n) is 10.2. The van der Waals surface area contributed by atoms with Crippen LogP contribution in [0, 0.1) is 6.92 Å². The number of nitrogen functional groups attached to an aromatic ring is 1. The third-order valence-corrected chi connectivity index (χ3v) is 6.05. The highest BCUT2D eigenvalue weighted by Gasteiger charge is 2.12. The second kappa shape index (κ2) is 6.07. The number of rotatable bonds is 3. The van der Waals surface area contributed by atoms with Gasteiger partial charge in [0, 0.05) is 16.7 Å². The normalized spacial score (nSPS) is 10.5. The van der Waals surface area contributed by atoms with E-state index >= 15 is 0 Å². The Hall–Kier alpha value is -0.850. The molecule has 3 nitrogen and oxygen atoms in total. The van der Waals surface area contributed by atoms with Gasteiger partial charge in [-0.15, -0.1) is 11.3 Å². The van der Waals surface area contributed by atoms with Crippen LogP contribution < -0.4 is 11.1 Å². The van der Waals surface area contributed by atoms with Crippen molar-refractivity contribution in [1.29, 1.82) is 0 Å². The summed E-state index contributed by atoms with van der Waals surface area (Å²) in [4.78, 5) is 12.7. The summed E-state index contributed by atoms with van der Waals surface area (Å²) >= 11 is 8.14. The van der Waals surface area contributed by atoms with Crippen LogP contribution in [0.5, 0.6) is 0 Å². The van der Waals surface area contributed by atoms with Crippen molar-refractivity contribution in [3.05, 3.63) is 48.5 Å². The fraction of sp³-hybridized carbons (Fsp3) is 0.154. The van der Waals surface area contributed by atoms with Crippen LogP contribution in [0.25, 0.3) is 0 Å². The number of carbonyl (C=O) groups is 1. The molecule has 1 heterocycles. The summed E-state index contributed by atoms with van der Waals surface area (Å²) in [5, 5.41) is 2.90. The van der Waals surface area contributed by atoms with E-state index in [0.29, 0.717) is 11.4 Å². The molecule has 1 amide bonds. The Labute approximate surface area is 132 Å². The van der Waals surface area contributed by atoms with Gasteiger partial charge in [0.15, 0.2) is 0 Å². The van der Waals surface area contributed by atoms with Crippen LogP contribution in [0.4, 0.5) is 5.69 Å². The maximum absolute atomic E-state index is 12.0. The van der Waals surface area contributed by atoms with Crippen molar-refractivity contribution in [3.63, 3.8) is 0 Å². The minimum atomic E-state index is -0.0850. The van der Waals surface area contributed by atoms with Gasteiger partial charge in [-0.3, -0.25) is 4.79 Å². The maximum atomic E-state index is 12.0. The number of benzene rings is 1. The molecule has 0 saturated carbocycles. The van der Waals surface area contributed by atoms with E-state index in [-0.39, 0.29) is 5.91 Å². The van der Waals surface area contributed by atoms with Gasteiger partial charge in [-0.1, -0.05) is 12.1 Å². The minimum Gasteiger partial charge on any atom is -0.399 e. The summed E-state index contributed by atoms with van der Waals surface area (Å²) in [5.74, 6) is -0.0850. The zero-order valence-corrected chi connectivity index (χ0v) is 14.2. The second-order valence-electron chi connectivity index (χ2n) is 4.05. The van der Waals surface area contributed by atoms with Gasteiger partial charge < -0.3 is 11.1 Å². The Balaban J connectivity index is 2.06. The maximum Gasteiger partial charge on any atom is 0.261 e. The number of hydrogen-bond acceptors (Lipinski definition) is 3. The minimum absolute atomic E-state index is 0.0850. The third-order valence-electron chi connectivity index (χ3n) is 2.80. The van der Waals surface area contributed by atoms with Crippen molar-refractivity contribution < 1.29 is 4.79 Å². The number of amides is 1. The number of halogens is 2. The lowest BCUT2D eigenvalue weighted by Crippen LogP contribution is -2.22. The van der Waals surface area contributed by atoms with E-state index in [0.717, 1.165) is 25.1 Å². The molecule has 1 aromatic carbocycles. The van der Waals surface area contributed by atoms with Gasteiger partial charge in [0.25, 0.3) is 5.91 Å². The van der Waals surface area contributed by atoms with E-state index in [9.17, 15) is 4.79 Å². The number of nitrogens with two attached hydrogens (primary N) is 1. The first-order valence-electron chi connectivity index (χ1n) is 5.56. The molecule has 0 atom stereocenters. The van der Waals surface area contributed by atoms with Gasteiger partial charge in [-0.2, -0.15) is 0 Å². The second-order valence-corrected chi connectivity index (χ2v) is 7.27. The monoisotopic (exact) mass is 402 g/mol. The first-order chi connectivity index (χ1) is 8.99. The van der Waals surface area contributed by atoms with E-state index in [2.05, 4.69) is 37.2 Å². The lowest BCUT2D eigenvalue weighted by atomic mass is 10.1. The molecule has 2 aromatic rings. The predicted molar refractivity (Wildman–Crippen MR) is 86.5 cm³/mol. The molecule has 19 heavy (non-hydrogen) atoms. The quantitative estimate of drug-likeness (QED) is 0.758. The topological polar surface area (TPSA) is 55.1 Å². The van der Waals surface area contributed by atoms with Crippen LogP contribution in [-0.4, -0.2) is 5.91 Å². The van der Waals surface area contributed by atoms with Crippen molar-refractivity contribution in [3.8, 4) is 0 Å². The van der Waals surface area contributed by atoms with Crippen molar-refractivity contribution in [2.75, 3.05) is 5.73 Å². The van der Waals surface area contributed by atoms with E-state index in [1.165, 1.54) is 11.3 Å². The molecule has 0 bridgehead atoms. The summed E-state index contributed by atoms with van der Waals surface area (Å²) < 4.78 is 1.81. The fourth-order valence-corrected chi connectivity index (χ4v) is 3.57. The Morgan fingerprint density at radius 1 is 1.42 bits per heavy atom. The Bertz CT molecular complexity index is 606. The molecule has 0 saturated heterocycles. The number of carbonyl (C=O) groups excluding carboxylic acids is 1. The molecule has 0 spiro atoms. The predicted octanol–water partition coefficient (Wildman–Crippen LogP) is 4.09. The van der Waals surface area contributed by atoms with Crippen LogP contribution >= 0.6 is 43.2 Å². The van der Waals surface area contributed by atoms with Crippen LogP contribution in [0.1, 0.15) is 20.8 Å². The highest BCUT2D eigenvalue weighted by atomic mass is 79.9. The van der Waals surface area contributed by atoms with Crippen LogP contribution in [0.3, 0.4) is 0 Å². The van der Waals surface area contributed by atoms with Gasteiger partial charge in [0.1, 0.15) is 0 Å². The lowest BCUT2D eigenvalue weighted by molar-refractivity contribution is 0.0955. The van der Waals surface area contributed by atoms with Gasteiger partial charge in [-0.25, -0.2) is 0 Å². The molecule has 0 radical (unpaired) electrons. The number of anilines is 1. The number of hydrogen-bond donors (Lipinski definition) is 2. The molecule has 1 aromatic heterocycles. The first kappa shape index (κ1) is 14.6. The van der Waals surface area contributed by atoms with Crippen molar-refractivity contribution in [1.82, 2.24) is 5.32 Å². The molecular weight excluding hydrogens is 392 g/mol. The Morgan fingerprint density at radius 2 is 2.16 bits per heavy atom. The van der Waals surface area contributed by atoms with E-state index in [4.69, 9.17) is 5.73 Å². The highest BCUT2D eigenvalue weighted by molar-refractivity contribution is 9.13. The molecule has 0 aliphatic carbocycles. The van der Waals surface area contributed by atoms with Gasteiger partial charge >= 0.3 is 0 Å². The average Bonchev–Trinajstić information content (AvgIpc) is 2.71. The lowest BCUT2D eigenvalue weighted by Gasteiger charge is -2.09. The Kier molecular flexibility index (Phi) is 4.65. The molecule has 0 unspecified atom stereocenters. The summed E-state index contributed by atoms with van der Waals surface area (Å²) in [6, 6.07) is 7.51. The van der Waals surface area contributed by atoms with Crippen molar-refractivity contribution >= 4 is 54.8 Å². The molecule has 100 valence electrons. The smallest absolute Gasteiger partial charge is 0.261 e. The number of nitrogens with one attached hydrogen (secondary N) is 1. The third kappa shape index (κ3) is 3.38. The summed E-state index contributed by atoms with van der Waals surface area (Å²) in [6.07, 6.45) is 0. The molecule has 0 aliphatic rings. The van der Waals surface area contributed by atoms with E-state index < -0.39 is 0 Å². The van der Waals surface area contributed by atoms with Gasteiger partial charge in [0.05, 0.1) is 8.66 Å². The standard InChI is InChI=1S/C13H12Br2N2OS/c1-7-8(3-2-4-10(7)16)6-17-13(18)11-5-9(14)12(15)19-11/h2-5H,6,16H2,1H3,(H,17,18). The van der Waals surface area contributed by atoms with Crippen molar-refractivity contribution in [2.24, 2.45) is 0 Å². The van der Waals surface area contributed by atoms with Crippen LogP contribution in [0.2, 0.25) is 0 Å². The largest absolute Gasteiger partial charge is 0.399 e. The van der Waals surface area contributed by atoms with Crippen LogP contribution in [0.15, 0.2) is 32.5 Å². The van der Waals surface area contributed by atoms with Gasteiger partial charge in [-0.05, 0) is 62.0 Å². The highest BCUT2D eigenvalue weighted by Crippen LogP contribution is 2.32. The molecular formula is C13H12Br2N2OS. The van der Waals surface area contributed by atoms with Crippen LogP contribution in [-0.2, 0) is 6.54 Å². The van der Waals surface area contributed by atoms with E-state index in [1.54, 1.807) is 6.07 Å².